The van der Waals surface area contributed by atoms with Crippen molar-refractivity contribution in [3.05, 3.63) is 35.4 Å². The van der Waals surface area contributed by atoms with Gasteiger partial charge in [0.05, 0.1) is 6.61 Å². The first kappa shape index (κ1) is 13.8. The molecule has 0 amide bonds. The van der Waals surface area contributed by atoms with Gasteiger partial charge in [0.2, 0.25) is 0 Å². The van der Waals surface area contributed by atoms with E-state index in [0.717, 1.165) is 18.4 Å². The molecule has 1 aliphatic rings. The Morgan fingerprint density at radius 2 is 2.05 bits per heavy atom. The highest BCUT2D eigenvalue weighted by Gasteiger charge is 2.23. The highest BCUT2D eigenvalue weighted by Crippen LogP contribution is 2.32. The minimum atomic E-state index is -0.145. The van der Waals surface area contributed by atoms with Crippen molar-refractivity contribution in [2.75, 3.05) is 6.61 Å². The molecule has 1 fully saturated rings. The van der Waals surface area contributed by atoms with Gasteiger partial charge in [-0.1, -0.05) is 24.3 Å². The molecule has 0 N–H and O–H groups in total. The number of carbonyl (C=O) groups excluding carboxylic acids is 2. The van der Waals surface area contributed by atoms with Crippen LogP contribution in [0.5, 0.6) is 0 Å². The van der Waals surface area contributed by atoms with Crippen molar-refractivity contribution in [3.8, 4) is 0 Å². The van der Waals surface area contributed by atoms with Crippen LogP contribution in [0.1, 0.15) is 49.7 Å². The molecule has 19 heavy (non-hydrogen) atoms. The summed E-state index contributed by atoms with van der Waals surface area (Å²) in [7, 11) is 0. The summed E-state index contributed by atoms with van der Waals surface area (Å²) in [6.07, 6.45) is 3.51. The second kappa shape index (κ2) is 6.50. The molecule has 0 radical (unpaired) electrons. The summed E-state index contributed by atoms with van der Waals surface area (Å²) in [4.78, 5) is 22.6. The fourth-order valence-electron chi connectivity index (χ4n) is 2.53. The first-order valence-electron chi connectivity index (χ1n) is 6.95. The molecule has 2 rings (SSSR count). The minimum absolute atomic E-state index is 0.145. The van der Waals surface area contributed by atoms with Gasteiger partial charge in [-0.15, -0.1) is 0 Å². The predicted molar refractivity (Wildman–Crippen MR) is 73.0 cm³/mol. The molecule has 3 heteroatoms. The van der Waals surface area contributed by atoms with E-state index in [-0.39, 0.29) is 5.97 Å². The topological polar surface area (TPSA) is 43.4 Å². The molecule has 1 unspecified atom stereocenters. The summed E-state index contributed by atoms with van der Waals surface area (Å²) in [5.74, 6) is 0.621. The smallest absolute Gasteiger partial charge is 0.306 e. The maximum absolute atomic E-state index is 11.3. The number of hydrogen-bond donors (Lipinski definition) is 0. The van der Waals surface area contributed by atoms with E-state index >= 15 is 0 Å². The van der Waals surface area contributed by atoms with Crippen molar-refractivity contribution in [1.29, 1.82) is 0 Å². The van der Waals surface area contributed by atoms with E-state index in [9.17, 15) is 9.59 Å². The number of ether oxygens (including phenoxy) is 1. The standard InChI is InChI=1S/C16H20O3/c1-2-19-16(18)10-5-12-3-6-13(7-4-12)14-8-9-15(17)11-14/h3-4,6-7,14H,2,5,8-11H2,1H3. The number of aryl methyl sites for hydroxylation is 1. The van der Waals surface area contributed by atoms with Crippen molar-refractivity contribution in [3.63, 3.8) is 0 Å². The van der Waals surface area contributed by atoms with E-state index in [2.05, 4.69) is 24.3 Å². The molecule has 0 bridgehead atoms. The highest BCUT2D eigenvalue weighted by atomic mass is 16.5. The van der Waals surface area contributed by atoms with Gasteiger partial charge in [0.15, 0.2) is 0 Å². The molecule has 1 aromatic carbocycles. The summed E-state index contributed by atoms with van der Waals surface area (Å²) in [6.45, 7) is 2.25. The minimum Gasteiger partial charge on any atom is -0.466 e. The first-order chi connectivity index (χ1) is 9.19. The highest BCUT2D eigenvalue weighted by molar-refractivity contribution is 5.81. The van der Waals surface area contributed by atoms with Crippen molar-refractivity contribution >= 4 is 11.8 Å². The summed E-state index contributed by atoms with van der Waals surface area (Å²) < 4.78 is 4.90. The molecule has 3 nitrogen and oxygen atoms in total. The number of rotatable bonds is 5. The molecule has 1 saturated carbocycles. The Kier molecular flexibility index (Phi) is 4.72. The van der Waals surface area contributed by atoms with Gasteiger partial charge in [0.1, 0.15) is 5.78 Å². The van der Waals surface area contributed by atoms with E-state index in [0.29, 0.717) is 37.6 Å². The van der Waals surface area contributed by atoms with E-state index in [1.807, 2.05) is 6.92 Å². The van der Waals surface area contributed by atoms with Crippen molar-refractivity contribution in [2.24, 2.45) is 0 Å². The summed E-state index contributed by atoms with van der Waals surface area (Å²) in [5.41, 5.74) is 2.38. The monoisotopic (exact) mass is 260 g/mol. The third-order valence-corrected chi connectivity index (χ3v) is 3.62. The van der Waals surface area contributed by atoms with E-state index in [1.54, 1.807) is 0 Å². The van der Waals surface area contributed by atoms with Crippen LogP contribution in [-0.2, 0) is 20.7 Å². The zero-order valence-electron chi connectivity index (χ0n) is 11.4. The summed E-state index contributed by atoms with van der Waals surface area (Å²) >= 11 is 0. The van der Waals surface area contributed by atoms with Crippen LogP contribution in [0.4, 0.5) is 0 Å². The van der Waals surface area contributed by atoms with Crippen LogP contribution in [0.25, 0.3) is 0 Å². The molecule has 0 saturated heterocycles. The molecular formula is C16H20O3. The zero-order valence-corrected chi connectivity index (χ0v) is 11.4. The number of benzene rings is 1. The molecular weight excluding hydrogens is 240 g/mol. The lowest BCUT2D eigenvalue weighted by Crippen LogP contribution is -2.05. The number of esters is 1. The molecule has 1 aliphatic carbocycles. The van der Waals surface area contributed by atoms with Crippen LogP contribution in [0.3, 0.4) is 0 Å². The third-order valence-electron chi connectivity index (χ3n) is 3.62. The quantitative estimate of drug-likeness (QED) is 0.764. The number of carbonyl (C=O) groups is 2. The van der Waals surface area contributed by atoms with Crippen molar-refractivity contribution in [1.82, 2.24) is 0 Å². The summed E-state index contributed by atoms with van der Waals surface area (Å²) in [6, 6.07) is 8.28. The molecule has 0 aromatic heterocycles. The lowest BCUT2D eigenvalue weighted by atomic mass is 9.96. The Morgan fingerprint density at radius 1 is 1.32 bits per heavy atom. The Morgan fingerprint density at radius 3 is 2.63 bits per heavy atom. The maximum Gasteiger partial charge on any atom is 0.306 e. The van der Waals surface area contributed by atoms with Gasteiger partial charge in [0, 0.05) is 19.3 Å². The van der Waals surface area contributed by atoms with E-state index in [4.69, 9.17) is 4.74 Å². The van der Waals surface area contributed by atoms with Crippen LogP contribution in [0, 0.1) is 0 Å². The fourth-order valence-corrected chi connectivity index (χ4v) is 2.53. The predicted octanol–water partition coefficient (Wildman–Crippen LogP) is 3.02. The van der Waals surface area contributed by atoms with Gasteiger partial charge in [0.25, 0.3) is 0 Å². The third kappa shape index (κ3) is 3.91. The van der Waals surface area contributed by atoms with Crippen LogP contribution >= 0.6 is 0 Å². The van der Waals surface area contributed by atoms with Crippen LogP contribution in [0.15, 0.2) is 24.3 Å². The molecule has 1 aromatic rings. The normalized spacial score (nSPS) is 18.6. The molecule has 1 atom stereocenters. The van der Waals surface area contributed by atoms with Crippen LogP contribution in [-0.4, -0.2) is 18.4 Å². The molecule has 102 valence electrons. The Bertz CT molecular complexity index is 448. The van der Waals surface area contributed by atoms with Crippen LogP contribution < -0.4 is 0 Å². The summed E-state index contributed by atoms with van der Waals surface area (Å²) in [5, 5.41) is 0. The van der Waals surface area contributed by atoms with Gasteiger partial charge >= 0.3 is 5.97 Å². The second-order valence-electron chi connectivity index (χ2n) is 5.03. The van der Waals surface area contributed by atoms with Gasteiger partial charge < -0.3 is 4.74 Å². The number of ketones is 1. The van der Waals surface area contributed by atoms with Crippen molar-refractivity contribution < 1.29 is 14.3 Å². The fraction of sp³-hybridized carbons (Fsp3) is 0.500. The van der Waals surface area contributed by atoms with Crippen molar-refractivity contribution in [2.45, 2.75) is 44.9 Å². The van der Waals surface area contributed by atoms with Gasteiger partial charge in [-0.05, 0) is 36.8 Å². The first-order valence-corrected chi connectivity index (χ1v) is 6.95. The van der Waals surface area contributed by atoms with E-state index in [1.165, 1.54) is 5.56 Å². The lowest BCUT2D eigenvalue weighted by molar-refractivity contribution is -0.143. The average Bonchev–Trinajstić information content (AvgIpc) is 2.84. The molecule has 0 spiro atoms. The largest absolute Gasteiger partial charge is 0.466 e. The van der Waals surface area contributed by atoms with E-state index < -0.39 is 0 Å². The Hall–Kier alpha value is -1.64. The average molecular weight is 260 g/mol. The van der Waals surface area contributed by atoms with Gasteiger partial charge in [-0.2, -0.15) is 0 Å². The maximum atomic E-state index is 11.3. The van der Waals surface area contributed by atoms with Gasteiger partial charge in [-0.3, -0.25) is 9.59 Å². The zero-order chi connectivity index (χ0) is 13.7. The Balaban J connectivity index is 1.88. The number of Topliss-reactive ketones (excluding diaryl/α,β-unsaturated/α-hetero) is 1. The SMILES string of the molecule is CCOC(=O)CCc1ccc(C2CCC(=O)C2)cc1. The molecule has 0 aliphatic heterocycles. The van der Waals surface area contributed by atoms with Gasteiger partial charge in [-0.25, -0.2) is 0 Å². The van der Waals surface area contributed by atoms with Crippen LogP contribution in [0.2, 0.25) is 0 Å². The second-order valence-corrected chi connectivity index (χ2v) is 5.03. The molecule has 0 heterocycles. The lowest BCUT2D eigenvalue weighted by Gasteiger charge is -2.09. The number of hydrogen-bond acceptors (Lipinski definition) is 3. The Labute approximate surface area is 114 Å².